The van der Waals surface area contributed by atoms with E-state index in [0.717, 1.165) is 37.9 Å². The molecule has 0 unspecified atom stereocenters. The van der Waals surface area contributed by atoms with Gasteiger partial charge in [0, 0.05) is 25.2 Å². The Balaban J connectivity index is 1.60. The van der Waals surface area contributed by atoms with Crippen LogP contribution in [0.1, 0.15) is 35.2 Å². The second kappa shape index (κ2) is 8.47. The molecule has 2 aromatic carbocycles. The number of amides is 1. The molecule has 0 saturated carbocycles. The quantitative estimate of drug-likeness (QED) is 0.848. The summed E-state index contributed by atoms with van der Waals surface area (Å²) in [5.74, 6) is -0.0225. The highest BCUT2D eigenvalue weighted by Crippen LogP contribution is 2.15. The van der Waals surface area contributed by atoms with Crippen LogP contribution < -0.4 is 4.72 Å². The maximum Gasteiger partial charge on any atom is 0.253 e. The predicted molar refractivity (Wildman–Crippen MR) is 102 cm³/mol. The van der Waals surface area contributed by atoms with Gasteiger partial charge in [-0.3, -0.25) is 4.79 Å². The number of sulfonamides is 1. The topological polar surface area (TPSA) is 66.5 Å². The first kappa shape index (κ1) is 18.6. The van der Waals surface area contributed by atoms with Crippen molar-refractivity contribution in [3.05, 3.63) is 65.7 Å². The number of carbonyl (C=O) groups is 1. The van der Waals surface area contributed by atoms with Gasteiger partial charge in [0.15, 0.2) is 0 Å². The van der Waals surface area contributed by atoms with Crippen molar-refractivity contribution in [3.8, 4) is 0 Å². The maximum absolute atomic E-state index is 12.5. The fourth-order valence-corrected chi connectivity index (χ4v) is 4.15. The summed E-state index contributed by atoms with van der Waals surface area (Å²) in [6.45, 7) is 1.89. The van der Waals surface area contributed by atoms with Crippen LogP contribution >= 0.6 is 0 Å². The van der Waals surface area contributed by atoms with Crippen LogP contribution in [-0.2, 0) is 16.4 Å². The third kappa shape index (κ3) is 4.71. The molecule has 138 valence electrons. The minimum Gasteiger partial charge on any atom is -0.339 e. The zero-order valence-electron chi connectivity index (χ0n) is 14.7. The Bertz CT molecular complexity index is 827. The molecule has 2 aromatic rings. The monoisotopic (exact) mass is 372 g/mol. The van der Waals surface area contributed by atoms with Gasteiger partial charge in [-0.1, -0.05) is 30.3 Å². The molecule has 0 atom stereocenters. The van der Waals surface area contributed by atoms with E-state index in [2.05, 4.69) is 4.72 Å². The van der Waals surface area contributed by atoms with E-state index in [1.807, 2.05) is 35.2 Å². The van der Waals surface area contributed by atoms with Crippen molar-refractivity contribution in [1.29, 1.82) is 0 Å². The van der Waals surface area contributed by atoms with Gasteiger partial charge in [0.25, 0.3) is 5.91 Å². The van der Waals surface area contributed by atoms with E-state index < -0.39 is 10.0 Å². The Kier molecular flexibility index (Phi) is 6.06. The van der Waals surface area contributed by atoms with E-state index in [9.17, 15) is 13.2 Å². The lowest BCUT2D eigenvalue weighted by Crippen LogP contribution is -2.35. The van der Waals surface area contributed by atoms with Crippen molar-refractivity contribution in [2.24, 2.45) is 0 Å². The highest BCUT2D eigenvalue weighted by atomic mass is 32.2. The normalized spacial score (nSPS) is 15.0. The van der Waals surface area contributed by atoms with Gasteiger partial charge >= 0.3 is 0 Å². The van der Waals surface area contributed by atoms with Gasteiger partial charge in [0.2, 0.25) is 10.0 Å². The third-order valence-corrected chi connectivity index (χ3v) is 6.08. The van der Waals surface area contributed by atoms with Gasteiger partial charge in [-0.25, -0.2) is 13.1 Å². The summed E-state index contributed by atoms with van der Waals surface area (Å²) < 4.78 is 27.4. The standard InChI is InChI=1S/C20H24N2O3S/c23-20(22-15-5-2-6-16-22)18-9-11-19(12-10-18)26(24,25)21-14-13-17-7-3-1-4-8-17/h1,3-4,7-12,21H,2,5-6,13-16H2. The molecule has 1 heterocycles. The Hall–Kier alpha value is -2.18. The SMILES string of the molecule is O=C(c1ccc(S(=O)(=O)NCCc2ccccc2)cc1)N1CCCCC1. The molecule has 1 N–H and O–H groups in total. The minimum atomic E-state index is -3.57. The number of carbonyl (C=O) groups excluding carboxylic acids is 1. The molecule has 0 aliphatic carbocycles. The summed E-state index contributed by atoms with van der Waals surface area (Å²) in [6.07, 6.45) is 3.86. The van der Waals surface area contributed by atoms with Gasteiger partial charge in [0.05, 0.1) is 4.90 Å². The Morgan fingerprint density at radius 3 is 2.23 bits per heavy atom. The first-order valence-electron chi connectivity index (χ1n) is 8.99. The molecule has 0 spiro atoms. The Morgan fingerprint density at radius 1 is 0.923 bits per heavy atom. The number of piperidine rings is 1. The largest absolute Gasteiger partial charge is 0.339 e. The van der Waals surface area contributed by atoms with Crippen molar-refractivity contribution >= 4 is 15.9 Å². The van der Waals surface area contributed by atoms with Crippen LogP contribution in [0.3, 0.4) is 0 Å². The van der Waals surface area contributed by atoms with E-state index in [0.29, 0.717) is 18.5 Å². The van der Waals surface area contributed by atoms with Crippen molar-refractivity contribution in [2.45, 2.75) is 30.6 Å². The second-order valence-corrected chi connectivity index (χ2v) is 8.28. The van der Waals surface area contributed by atoms with Crippen molar-refractivity contribution < 1.29 is 13.2 Å². The molecule has 1 aliphatic heterocycles. The van der Waals surface area contributed by atoms with Crippen LogP contribution in [0.2, 0.25) is 0 Å². The van der Waals surface area contributed by atoms with Crippen molar-refractivity contribution in [3.63, 3.8) is 0 Å². The lowest BCUT2D eigenvalue weighted by atomic mass is 10.1. The summed E-state index contributed by atoms with van der Waals surface area (Å²) >= 11 is 0. The number of benzene rings is 2. The molecule has 0 aromatic heterocycles. The molecule has 26 heavy (non-hydrogen) atoms. The van der Waals surface area contributed by atoms with Crippen molar-refractivity contribution in [2.75, 3.05) is 19.6 Å². The molecule has 1 aliphatic rings. The van der Waals surface area contributed by atoms with E-state index in [1.165, 1.54) is 12.1 Å². The molecule has 6 heteroatoms. The molecule has 5 nitrogen and oxygen atoms in total. The van der Waals surface area contributed by atoms with Gasteiger partial charge in [-0.2, -0.15) is 0 Å². The molecule has 1 saturated heterocycles. The van der Waals surface area contributed by atoms with Crippen LogP contribution in [0.15, 0.2) is 59.5 Å². The maximum atomic E-state index is 12.5. The van der Waals surface area contributed by atoms with Gasteiger partial charge < -0.3 is 4.90 Å². The summed E-state index contributed by atoms with van der Waals surface area (Å²) in [6, 6.07) is 15.9. The van der Waals surface area contributed by atoms with Crippen LogP contribution in [0.25, 0.3) is 0 Å². The summed E-state index contributed by atoms with van der Waals surface area (Å²) in [5.41, 5.74) is 1.62. The number of rotatable bonds is 6. The molecule has 1 fully saturated rings. The molecule has 0 radical (unpaired) electrons. The molecular formula is C20H24N2O3S. The van der Waals surface area contributed by atoms with E-state index >= 15 is 0 Å². The van der Waals surface area contributed by atoms with Gasteiger partial charge in [0.1, 0.15) is 0 Å². The van der Waals surface area contributed by atoms with Gasteiger partial charge in [-0.05, 0) is 55.5 Å². The summed E-state index contributed by atoms with van der Waals surface area (Å²) in [5, 5.41) is 0. The first-order valence-corrected chi connectivity index (χ1v) is 10.5. The highest BCUT2D eigenvalue weighted by Gasteiger charge is 2.19. The van der Waals surface area contributed by atoms with Crippen LogP contribution in [0.4, 0.5) is 0 Å². The average Bonchev–Trinajstić information content (AvgIpc) is 2.69. The molecule has 0 bridgehead atoms. The fourth-order valence-electron chi connectivity index (χ4n) is 3.11. The Labute approximate surface area is 155 Å². The first-order chi connectivity index (χ1) is 12.6. The molecular weight excluding hydrogens is 348 g/mol. The summed E-state index contributed by atoms with van der Waals surface area (Å²) in [4.78, 5) is 14.5. The average molecular weight is 372 g/mol. The predicted octanol–water partition coefficient (Wildman–Crippen LogP) is 2.83. The number of nitrogens with one attached hydrogen (secondary N) is 1. The van der Waals surface area contributed by atoms with Gasteiger partial charge in [-0.15, -0.1) is 0 Å². The van der Waals surface area contributed by atoms with E-state index in [1.54, 1.807) is 12.1 Å². The van der Waals surface area contributed by atoms with Crippen LogP contribution in [0, 0.1) is 0 Å². The number of likely N-dealkylation sites (tertiary alicyclic amines) is 1. The third-order valence-electron chi connectivity index (χ3n) is 4.60. The second-order valence-electron chi connectivity index (χ2n) is 6.51. The number of nitrogens with zero attached hydrogens (tertiary/aromatic N) is 1. The van der Waals surface area contributed by atoms with Crippen LogP contribution in [0.5, 0.6) is 0 Å². The lowest BCUT2D eigenvalue weighted by molar-refractivity contribution is 0.0724. The van der Waals surface area contributed by atoms with Crippen molar-refractivity contribution in [1.82, 2.24) is 9.62 Å². The fraction of sp³-hybridized carbons (Fsp3) is 0.350. The minimum absolute atomic E-state index is 0.0225. The highest BCUT2D eigenvalue weighted by molar-refractivity contribution is 7.89. The smallest absolute Gasteiger partial charge is 0.253 e. The zero-order chi connectivity index (χ0) is 18.4. The lowest BCUT2D eigenvalue weighted by Gasteiger charge is -2.26. The zero-order valence-corrected chi connectivity index (χ0v) is 15.5. The number of hydrogen-bond donors (Lipinski definition) is 1. The molecule has 3 rings (SSSR count). The van der Waals surface area contributed by atoms with E-state index in [-0.39, 0.29) is 10.8 Å². The van der Waals surface area contributed by atoms with Crippen LogP contribution in [-0.4, -0.2) is 38.9 Å². The van der Waals surface area contributed by atoms with E-state index in [4.69, 9.17) is 0 Å². The Morgan fingerprint density at radius 2 is 1.58 bits per heavy atom. The summed E-state index contributed by atoms with van der Waals surface area (Å²) in [7, 11) is -3.57. The molecule has 1 amide bonds. The number of hydrogen-bond acceptors (Lipinski definition) is 3.